The van der Waals surface area contributed by atoms with Gasteiger partial charge in [0.2, 0.25) is 15.9 Å². The predicted octanol–water partition coefficient (Wildman–Crippen LogP) is 7.10. The van der Waals surface area contributed by atoms with Crippen molar-refractivity contribution in [3.05, 3.63) is 88.4 Å². The maximum Gasteiger partial charge on any atom is 0.292 e. The highest BCUT2D eigenvalue weighted by Gasteiger charge is 2.62. The second kappa shape index (κ2) is 16.2. The number of para-hydroxylation sites is 1. The topological polar surface area (TPSA) is 179 Å². The van der Waals surface area contributed by atoms with Crippen LogP contribution in [-0.4, -0.2) is 77.4 Å². The lowest BCUT2D eigenvalue weighted by Crippen LogP contribution is -2.37. The molecule has 63 heavy (non-hydrogen) atoms. The van der Waals surface area contributed by atoms with E-state index in [9.17, 15) is 39.2 Å². The molecule has 4 aliphatic rings. The Morgan fingerprint density at radius 1 is 0.968 bits per heavy atom. The molecule has 338 valence electrons. The Balaban J connectivity index is 1.23. The number of hydrogen-bond donors (Lipinski definition) is 3. The van der Waals surface area contributed by atoms with Crippen LogP contribution in [-0.2, 0) is 44.5 Å². The molecular formula is C43H47F6N7O5S2. The fourth-order valence-corrected chi connectivity index (χ4v) is 12.2. The molecule has 2 aromatic heterocycles. The number of benzene rings is 2. The molecule has 0 unspecified atom stereocenters. The summed E-state index contributed by atoms with van der Waals surface area (Å²) in [6.45, 7) is 2.33. The molecule has 3 atom stereocenters. The van der Waals surface area contributed by atoms with Gasteiger partial charge in [-0.2, -0.15) is 13.9 Å². The van der Waals surface area contributed by atoms with Crippen molar-refractivity contribution in [3.63, 3.8) is 0 Å². The van der Waals surface area contributed by atoms with E-state index >= 15 is 8.78 Å². The number of hydrogen-bond acceptors (Lipinski definition) is 9. The van der Waals surface area contributed by atoms with Crippen molar-refractivity contribution in [2.45, 2.75) is 105 Å². The fourth-order valence-electron chi connectivity index (χ4n) is 8.82. The molecule has 20 heteroatoms. The van der Waals surface area contributed by atoms with E-state index in [0.717, 1.165) is 12.1 Å². The van der Waals surface area contributed by atoms with Gasteiger partial charge in [-0.15, -0.1) is 0 Å². The number of nitrogens with zero attached hydrogens (tertiary/aromatic N) is 4. The number of carbonyl (C=O) groups is 1. The van der Waals surface area contributed by atoms with Crippen LogP contribution in [0.1, 0.15) is 81.8 Å². The monoisotopic (exact) mass is 919 g/mol. The number of anilines is 1. The molecule has 4 N–H and O–H groups in total. The van der Waals surface area contributed by atoms with E-state index in [2.05, 4.69) is 20.1 Å². The Bertz CT molecular complexity index is 2770. The van der Waals surface area contributed by atoms with Crippen molar-refractivity contribution in [1.29, 1.82) is 0 Å². The number of nitrogens with two attached hydrogens (primary N) is 1. The van der Waals surface area contributed by atoms with Crippen LogP contribution in [0.5, 0.6) is 0 Å². The summed E-state index contributed by atoms with van der Waals surface area (Å²) in [5.41, 5.74) is 5.02. The zero-order valence-corrected chi connectivity index (χ0v) is 36.3. The molecule has 0 spiro atoms. The first kappa shape index (κ1) is 44.6. The molecule has 1 amide bonds. The number of sulfonamides is 1. The molecule has 4 saturated carbocycles. The Morgan fingerprint density at radius 2 is 1.65 bits per heavy atom. The first-order chi connectivity index (χ1) is 29.6. The second-order valence-corrected chi connectivity index (χ2v) is 22.4. The van der Waals surface area contributed by atoms with Crippen LogP contribution >= 0.6 is 0 Å². The number of allylic oxidation sites excluding steroid dienone is 2. The number of amides is 1. The van der Waals surface area contributed by atoms with E-state index in [0.29, 0.717) is 59.5 Å². The summed E-state index contributed by atoms with van der Waals surface area (Å²) >= 11 is 0. The van der Waals surface area contributed by atoms with Gasteiger partial charge in [-0.3, -0.25) is 24.2 Å². The van der Waals surface area contributed by atoms with Crippen molar-refractivity contribution in [3.8, 4) is 11.1 Å². The van der Waals surface area contributed by atoms with E-state index < -0.39 is 106 Å². The third-order valence-electron chi connectivity index (χ3n) is 12.7. The van der Waals surface area contributed by atoms with Crippen LogP contribution in [0.25, 0.3) is 22.0 Å². The first-order valence-corrected chi connectivity index (χ1v) is 23.8. The third kappa shape index (κ3) is 8.56. The van der Waals surface area contributed by atoms with Gasteiger partial charge in [0.05, 0.1) is 38.2 Å². The van der Waals surface area contributed by atoms with Crippen molar-refractivity contribution in [2.24, 2.45) is 29.6 Å². The van der Waals surface area contributed by atoms with Crippen LogP contribution in [0.15, 0.2) is 64.8 Å². The normalized spacial score (nSPS) is 22.0. The number of aliphatic imine (C=N–C) groups is 1. The molecule has 2 heterocycles. The smallest absolute Gasteiger partial charge is 0.292 e. The SMILES string of the molecule is Cn1nc(NS(=O)(=O)C2CC2)c2cccc(-c3ccc(CCC(C)(C)S(=O)(=O)C4CC4)nc3[C@H](Cc3cc(F)cc(F)c3)NC(=O)CN=C3C(=C(N)C(F)F)[C@H]4CC[C@H]4C3(F)F)c21. The molecule has 2 aromatic carbocycles. The van der Waals surface area contributed by atoms with Gasteiger partial charge in [0, 0.05) is 46.8 Å². The molecule has 4 aliphatic carbocycles. The molecule has 0 saturated heterocycles. The summed E-state index contributed by atoms with van der Waals surface area (Å²) in [5.74, 6) is -8.59. The highest BCUT2D eigenvalue weighted by Crippen LogP contribution is 2.57. The number of halogens is 6. The minimum atomic E-state index is -3.74. The predicted molar refractivity (Wildman–Crippen MR) is 225 cm³/mol. The number of carbonyl (C=O) groups excluding carboxylic acids is 1. The minimum Gasteiger partial charge on any atom is -0.397 e. The lowest BCUT2D eigenvalue weighted by Gasteiger charge is -2.32. The molecule has 0 radical (unpaired) electrons. The Hall–Kier alpha value is -4.98. The van der Waals surface area contributed by atoms with E-state index in [1.807, 2.05) is 0 Å². The molecule has 0 aliphatic heterocycles. The van der Waals surface area contributed by atoms with Crippen molar-refractivity contribution in [1.82, 2.24) is 20.1 Å². The first-order valence-electron chi connectivity index (χ1n) is 20.7. The summed E-state index contributed by atoms with van der Waals surface area (Å²) in [7, 11) is -5.62. The van der Waals surface area contributed by atoms with Gasteiger partial charge in [-0.1, -0.05) is 18.2 Å². The Labute approximate surface area is 360 Å². The van der Waals surface area contributed by atoms with Crippen LogP contribution in [0.3, 0.4) is 0 Å². The number of aryl methyl sites for hydroxylation is 2. The van der Waals surface area contributed by atoms with E-state index in [-0.39, 0.29) is 49.2 Å². The number of nitrogens with one attached hydrogen (secondary N) is 2. The van der Waals surface area contributed by atoms with Crippen molar-refractivity contribution >= 4 is 48.2 Å². The zero-order valence-electron chi connectivity index (χ0n) is 34.6. The van der Waals surface area contributed by atoms with Gasteiger partial charge in [0.15, 0.2) is 15.7 Å². The van der Waals surface area contributed by atoms with Crippen molar-refractivity contribution in [2.75, 3.05) is 11.3 Å². The van der Waals surface area contributed by atoms with Gasteiger partial charge in [0.25, 0.3) is 12.3 Å². The molecule has 4 fully saturated rings. The number of alkyl halides is 4. The molecule has 12 nitrogen and oxygen atoms in total. The summed E-state index contributed by atoms with van der Waals surface area (Å²) in [4.78, 5) is 22.8. The fraction of sp³-hybridized carbons (Fsp3) is 0.488. The lowest BCUT2D eigenvalue weighted by molar-refractivity contribution is -0.120. The standard InChI is InChI=1S/C43H47F6N7O5S2/c1-42(2,62(58,59)26-8-9-26)16-15-25-7-12-28(29-5-4-6-31-38(29)56(3)54-41(31)55-63(60,61)27-10-11-27)37(52-25)33(19-22-17-23(44)20-24(45)18-22)53-34(57)21-51-39-35(36(50)40(46)47)30-13-14-32(30)43(39,48)49/h4-7,12,17-18,20,26-27,30,32-33,40H,8-11,13-16,19,21,50H2,1-3H3,(H,53,57)(H,54,55)/t30-,32+,33-/m0/s1. The van der Waals surface area contributed by atoms with Gasteiger partial charge in [0.1, 0.15) is 23.9 Å². The lowest BCUT2D eigenvalue weighted by atomic mass is 9.73. The highest BCUT2D eigenvalue weighted by molar-refractivity contribution is 7.93. The number of aromatic nitrogens is 3. The average Bonchev–Trinajstić information content (AvgIpc) is 4.11. The maximum absolute atomic E-state index is 15.6. The Morgan fingerprint density at radius 3 is 2.27 bits per heavy atom. The van der Waals surface area contributed by atoms with Gasteiger partial charge in [-0.25, -0.2) is 34.4 Å². The number of pyridine rings is 1. The van der Waals surface area contributed by atoms with E-state index in [1.54, 1.807) is 51.2 Å². The molecule has 0 bridgehead atoms. The van der Waals surface area contributed by atoms with Crippen LogP contribution in [0, 0.1) is 23.5 Å². The van der Waals surface area contributed by atoms with E-state index in [4.69, 9.17) is 10.7 Å². The quantitative estimate of drug-likeness (QED) is 0.0997. The second-order valence-electron chi connectivity index (χ2n) is 17.6. The van der Waals surface area contributed by atoms with Crippen LogP contribution in [0.4, 0.5) is 32.2 Å². The summed E-state index contributed by atoms with van der Waals surface area (Å²) in [5, 5.41) is 6.67. The van der Waals surface area contributed by atoms with Gasteiger partial charge >= 0.3 is 0 Å². The minimum absolute atomic E-state index is 0.0565. The molecular weight excluding hydrogens is 873 g/mol. The average molecular weight is 920 g/mol. The summed E-state index contributed by atoms with van der Waals surface area (Å²) in [6, 6.07) is 9.89. The third-order valence-corrected chi connectivity index (χ3v) is 17.6. The van der Waals surface area contributed by atoms with Gasteiger partial charge < -0.3 is 11.1 Å². The largest absolute Gasteiger partial charge is 0.397 e. The zero-order chi connectivity index (χ0) is 45.4. The Kier molecular flexibility index (Phi) is 11.5. The van der Waals surface area contributed by atoms with Gasteiger partial charge in [-0.05, 0) is 107 Å². The van der Waals surface area contributed by atoms with Crippen molar-refractivity contribution < 1.29 is 48.0 Å². The number of fused-ring (bicyclic) bond motifs is 2. The highest BCUT2D eigenvalue weighted by atomic mass is 32.2. The van der Waals surface area contributed by atoms with Crippen LogP contribution in [0.2, 0.25) is 0 Å². The summed E-state index contributed by atoms with van der Waals surface area (Å²) < 4.78 is 144. The number of rotatable bonds is 16. The number of sulfone groups is 1. The molecule has 8 rings (SSSR count). The van der Waals surface area contributed by atoms with Crippen LogP contribution < -0.4 is 15.8 Å². The molecule has 4 aromatic rings. The van der Waals surface area contributed by atoms with E-state index in [1.165, 1.54) is 4.68 Å². The maximum atomic E-state index is 15.6. The summed E-state index contributed by atoms with van der Waals surface area (Å²) in [6.07, 6.45) is -0.794.